The van der Waals surface area contributed by atoms with Gasteiger partial charge in [-0.2, -0.15) is 0 Å². The van der Waals surface area contributed by atoms with Gasteiger partial charge in [-0.05, 0) is 51.0 Å². The fraction of sp³-hybridized carbons (Fsp3) is 0.312. The van der Waals surface area contributed by atoms with E-state index in [1.807, 2.05) is 63.6 Å². The lowest BCUT2D eigenvalue weighted by atomic mass is 10.1. The van der Waals surface area contributed by atoms with Gasteiger partial charge in [0, 0.05) is 24.1 Å². The molecular formula is C16H20N2O. The number of aryl methyl sites for hydroxylation is 2. The Bertz CT molecular complexity index is 638. The summed E-state index contributed by atoms with van der Waals surface area (Å²) < 4.78 is 2.03. The van der Waals surface area contributed by atoms with E-state index in [1.165, 1.54) is 5.56 Å². The number of nitrogens with one attached hydrogen (secondary N) is 1. The van der Waals surface area contributed by atoms with E-state index >= 15 is 0 Å². The van der Waals surface area contributed by atoms with Crippen LogP contribution >= 0.6 is 0 Å². The summed E-state index contributed by atoms with van der Waals surface area (Å²) >= 11 is 0. The lowest BCUT2D eigenvalue weighted by Crippen LogP contribution is -2.14. The first-order valence-electron chi connectivity index (χ1n) is 6.42. The molecular weight excluding hydrogens is 236 g/mol. The highest BCUT2D eigenvalue weighted by Gasteiger charge is 2.14. The summed E-state index contributed by atoms with van der Waals surface area (Å²) in [6.07, 6.45) is 0. The van der Waals surface area contributed by atoms with Crippen molar-refractivity contribution in [1.82, 2.24) is 4.57 Å². The van der Waals surface area contributed by atoms with Gasteiger partial charge >= 0.3 is 0 Å². The molecule has 0 saturated carbocycles. The molecule has 2 aromatic rings. The van der Waals surface area contributed by atoms with Crippen LogP contribution in [0.4, 0.5) is 5.69 Å². The highest BCUT2D eigenvalue weighted by molar-refractivity contribution is 6.05. The average Bonchev–Trinajstić information content (AvgIpc) is 2.63. The molecule has 0 unspecified atom stereocenters. The van der Waals surface area contributed by atoms with E-state index in [4.69, 9.17) is 0 Å². The van der Waals surface area contributed by atoms with E-state index in [2.05, 4.69) is 5.32 Å². The highest BCUT2D eigenvalue weighted by Crippen LogP contribution is 2.20. The van der Waals surface area contributed by atoms with Gasteiger partial charge < -0.3 is 9.88 Å². The average molecular weight is 256 g/mol. The van der Waals surface area contributed by atoms with Crippen molar-refractivity contribution in [3.63, 3.8) is 0 Å². The van der Waals surface area contributed by atoms with Crippen molar-refractivity contribution in [3.05, 3.63) is 52.3 Å². The first-order valence-corrected chi connectivity index (χ1v) is 6.42. The molecule has 0 spiro atoms. The Hall–Kier alpha value is -2.03. The molecule has 0 atom stereocenters. The Morgan fingerprint density at radius 1 is 1.16 bits per heavy atom. The molecule has 3 heteroatoms. The summed E-state index contributed by atoms with van der Waals surface area (Å²) in [5, 5.41) is 3.00. The summed E-state index contributed by atoms with van der Waals surface area (Å²) in [5.74, 6) is -0.0464. The number of carbonyl (C=O) groups is 1. The zero-order valence-electron chi connectivity index (χ0n) is 12.2. The van der Waals surface area contributed by atoms with Crippen molar-refractivity contribution in [2.24, 2.45) is 7.05 Å². The van der Waals surface area contributed by atoms with Crippen LogP contribution in [-0.2, 0) is 7.05 Å². The van der Waals surface area contributed by atoms with Crippen LogP contribution < -0.4 is 5.32 Å². The van der Waals surface area contributed by atoms with Crippen molar-refractivity contribution < 1.29 is 4.79 Å². The van der Waals surface area contributed by atoms with E-state index in [9.17, 15) is 4.79 Å². The third-order valence-electron chi connectivity index (χ3n) is 3.87. The third-order valence-corrected chi connectivity index (χ3v) is 3.87. The van der Waals surface area contributed by atoms with E-state index in [0.717, 1.165) is 28.2 Å². The maximum absolute atomic E-state index is 12.3. The van der Waals surface area contributed by atoms with Gasteiger partial charge in [0.2, 0.25) is 0 Å². The molecule has 1 aromatic carbocycles. The summed E-state index contributed by atoms with van der Waals surface area (Å²) in [6.45, 7) is 8.03. The molecule has 0 aliphatic carbocycles. The van der Waals surface area contributed by atoms with Gasteiger partial charge in [0.1, 0.15) is 0 Å². The topological polar surface area (TPSA) is 34.0 Å². The van der Waals surface area contributed by atoms with E-state index in [-0.39, 0.29) is 5.91 Å². The summed E-state index contributed by atoms with van der Waals surface area (Å²) in [6, 6.07) is 7.87. The smallest absolute Gasteiger partial charge is 0.257 e. The molecule has 19 heavy (non-hydrogen) atoms. The number of nitrogens with zero attached hydrogens (tertiary/aromatic N) is 1. The molecule has 1 aromatic heterocycles. The van der Waals surface area contributed by atoms with Crippen LogP contribution in [0.3, 0.4) is 0 Å². The van der Waals surface area contributed by atoms with Crippen LogP contribution in [0.25, 0.3) is 0 Å². The van der Waals surface area contributed by atoms with Crippen molar-refractivity contribution in [2.75, 3.05) is 5.32 Å². The lowest BCUT2D eigenvalue weighted by molar-refractivity contribution is 0.102. The van der Waals surface area contributed by atoms with Gasteiger partial charge in [-0.25, -0.2) is 0 Å². The molecule has 1 N–H and O–H groups in total. The number of hydrogen-bond acceptors (Lipinski definition) is 1. The monoisotopic (exact) mass is 256 g/mol. The van der Waals surface area contributed by atoms with Crippen LogP contribution in [0.1, 0.15) is 32.9 Å². The lowest BCUT2D eigenvalue weighted by Gasteiger charge is -2.10. The number of carbonyl (C=O) groups excluding carboxylic acids is 1. The maximum Gasteiger partial charge on any atom is 0.257 e. The number of amides is 1. The van der Waals surface area contributed by atoms with Crippen LogP contribution in [0.5, 0.6) is 0 Å². The second-order valence-electron chi connectivity index (χ2n) is 5.05. The summed E-state index contributed by atoms with van der Waals surface area (Å²) in [5.41, 5.74) is 5.98. The zero-order valence-corrected chi connectivity index (χ0v) is 12.2. The van der Waals surface area contributed by atoms with Crippen molar-refractivity contribution >= 4 is 11.6 Å². The first-order chi connectivity index (χ1) is 8.91. The Kier molecular flexibility index (Phi) is 3.47. The fourth-order valence-corrected chi connectivity index (χ4v) is 2.16. The Labute approximate surface area is 114 Å². The van der Waals surface area contributed by atoms with Gasteiger partial charge in [0.15, 0.2) is 0 Å². The highest BCUT2D eigenvalue weighted by atomic mass is 16.1. The van der Waals surface area contributed by atoms with Gasteiger partial charge in [-0.1, -0.05) is 12.1 Å². The number of benzene rings is 1. The normalized spacial score (nSPS) is 10.6. The molecule has 3 nitrogen and oxygen atoms in total. The Balaban J connectivity index is 2.31. The number of hydrogen-bond donors (Lipinski definition) is 1. The Morgan fingerprint density at radius 3 is 2.42 bits per heavy atom. The van der Waals surface area contributed by atoms with Crippen LogP contribution in [0, 0.1) is 27.7 Å². The third kappa shape index (κ3) is 2.41. The van der Waals surface area contributed by atoms with E-state index in [1.54, 1.807) is 0 Å². The minimum Gasteiger partial charge on any atom is -0.351 e. The van der Waals surface area contributed by atoms with Crippen LogP contribution in [-0.4, -0.2) is 10.5 Å². The van der Waals surface area contributed by atoms with Gasteiger partial charge in [0.05, 0.1) is 5.56 Å². The summed E-state index contributed by atoms with van der Waals surface area (Å²) in [7, 11) is 1.97. The number of anilines is 1. The second kappa shape index (κ2) is 4.92. The van der Waals surface area contributed by atoms with Crippen LogP contribution in [0.15, 0.2) is 24.3 Å². The van der Waals surface area contributed by atoms with Gasteiger partial charge in [0.25, 0.3) is 5.91 Å². The molecule has 0 aliphatic heterocycles. The second-order valence-corrected chi connectivity index (χ2v) is 5.05. The van der Waals surface area contributed by atoms with E-state index < -0.39 is 0 Å². The first kappa shape index (κ1) is 13.4. The molecule has 0 aliphatic rings. The van der Waals surface area contributed by atoms with Crippen LogP contribution in [0.2, 0.25) is 0 Å². The largest absolute Gasteiger partial charge is 0.351 e. The van der Waals surface area contributed by atoms with E-state index in [0.29, 0.717) is 0 Å². The predicted molar refractivity (Wildman–Crippen MR) is 78.8 cm³/mol. The standard InChI is InChI=1S/C16H20N2O/c1-10-7-6-8-15(12(10)3)17-16(19)14-9-11(2)18(5)13(14)4/h6-9H,1-5H3,(H,17,19). The minimum absolute atomic E-state index is 0.0464. The number of aromatic nitrogens is 1. The molecule has 0 bridgehead atoms. The molecule has 0 fully saturated rings. The van der Waals surface area contributed by atoms with Crippen molar-refractivity contribution in [1.29, 1.82) is 0 Å². The molecule has 100 valence electrons. The summed E-state index contributed by atoms with van der Waals surface area (Å²) in [4.78, 5) is 12.3. The number of rotatable bonds is 2. The predicted octanol–water partition coefficient (Wildman–Crippen LogP) is 3.51. The van der Waals surface area contributed by atoms with Crippen molar-refractivity contribution in [3.8, 4) is 0 Å². The molecule has 1 heterocycles. The Morgan fingerprint density at radius 2 is 1.84 bits per heavy atom. The minimum atomic E-state index is -0.0464. The molecule has 2 rings (SSSR count). The van der Waals surface area contributed by atoms with Gasteiger partial charge in [-0.15, -0.1) is 0 Å². The zero-order chi connectivity index (χ0) is 14.2. The molecule has 1 amide bonds. The fourth-order valence-electron chi connectivity index (χ4n) is 2.16. The van der Waals surface area contributed by atoms with Gasteiger partial charge in [-0.3, -0.25) is 4.79 Å². The van der Waals surface area contributed by atoms with Crippen molar-refractivity contribution in [2.45, 2.75) is 27.7 Å². The maximum atomic E-state index is 12.3. The molecule has 0 radical (unpaired) electrons. The quantitative estimate of drug-likeness (QED) is 0.876. The SMILES string of the molecule is Cc1cccc(NC(=O)c2cc(C)n(C)c2C)c1C. The molecule has 0 saturated heterocycles.